The second kappa shape index (κ2) is 11.9. The Bertz CT molecular complexity index is 1560. The summed E-state index contributed by atoms with van der Waals surface area (Å²) in [6, 6.07) is 10.4. The molecule has 1 unspecified atom stereocenters. The molecule has 13 heteroatoms. The molecule has 0 bridgehead atoms. The third-order valence-corrected chi connectivity index (χ3v) is 7.77. The van der Waals surface area contributed by atoms with Crippen LogP contribution in [0.5, 0.6) is 0 Å². The molecule has 1 aliphatic rings. The number of alkyl halides is 3. The summed E-state index contributed by atoms with van der Waals surface area (Å²) in [5.41, 5.74) is 2.58. The topological polar surface area (TPSA) is 106 Å². The van der Waals surface area contributed by atoms with E-state index in [1.165, 1.54) is 16.6 Å². The fraction of sp³-hybridized carbons (Fsp3) is 0.414. The van der Waals surface area contributed by atoms with E-state index in [1.54, 1.807) is 47.4 Å². The number of piperidine rings is 1. The fourth-order valence-corrected chi connectivity index (χ4v) is 5.53. The molecule has 1 aromatic carbocycles. The molecule has 4 atom stereocenters. The quantitative estimate of drug-likeness (QED) is 0.279. The van der Waals surface area contributed by atoms with Gasteiger partial charge in [-0.05, 0) is 55.7 Å². The first-order chi connectivity index (χ1) is 20.1. The first-order valence-corrected chi connectivity index (χ1v) is 13.8. The van der Waals surface area contributed by atoms with Crippen LogP contribution in [0.2, 0.25) is 0 Å². The van der Waals surface area contributed by atoms with Gasteiger partial charge in [-0.1, -0.05) is 19.1 Å². The van der Waals surface area contributed by atoms with Crippen LogP contribution in [0.4, 0.5) is 17.6 Å². The minimum atomic E-state index is -4.39. The van der Waals surface area contributed by atoms with Gasteiger partial charge in [-0.2, -0.15) is 23.4 Å². The summed E-state index contributed by atoms with van der Waals surface area (Å²) in [7, 11) is 0. The fourth-order valence-electron chi connectivity index (χ4n) is 5.53. The number of benzene rings is 1. The lowest BCUT2D eigenvalue weighted by atomic mass is 9.86. The van der Waals surface area contributed by atoms with Crippen molar-refractivity contribution >= 4 is 17.5 Å². The monoisotopic (exact) mass is 585 g/mol. The van der Waals surface area contributed by atoms with Gasteiger partial charge in [0, 0.05) is 37.5 Å². The van der Waals surface area contributed by atoms with Crippen LogP contribution in [-0.2, 0) is 17.8 Å². The van der Waals surface area contributed by atoms with Gasteiger partial charge in [-0.25, -0.2) is 13.9 Å². The zero-order valence-corrected chi connectivity index (χ0v) is 23.1. The molecular formula is C29H31F4N7O2. The highest BCUT2D eigenvalue weighted by Crippen LogP contribution is 2.35. The number of imidazole rings is 1. The van der Waals surface area contributed by atoms with Crippen molar-refractivity contribution in [2.45, 2.75) is 57.8 Å². The molecule has 1 saturated heterocycles. The molecule has 42 heavy (non-hydrogen) atoms. The lowest BCUT2D eigenvalue weighted by Crippen LogP contribution is -2.47. The Morgan fingerprint density at radius 1 is 1.14 bits per heavy atom. The molecular weight excluding hydrogens is 554 g/mol. The number of nitrogens with zero attached hydrogens (tertiary/aromatic N) is 5. The molecule has 3 aromatic heterocycles. The largest absolute Gasteiger partial charge is 0.393 e. The number of hydrogen-bond donors (Lipinski definition) is 2. The van der Waals surface area contributed by atoms with Gasteiger partial charge in [0.2, 0.25) is 5.91 Å². The lowest BCUT2D eigenvalue weighted by Gasteiger charge is -2.30. The Hall–Kier alpha value is -4.29. The van der Waals surface area contributed by atoms with Gasteiger partial charge in [0.05, 0.1) is 29.5 Å². The number of amides is 2. The van der Waals surface area contributed by atoms with Gasteiger partial charge in [0.25, 0.3) is 5.91 Å². The summed E-state index contributed by atoms with van der Waals surface area (Å²) in [4.78, 5) is 30.4. The number of carbonyl (C=O) groups is 2. The predicted octanol–water partition coefficient (Wildman–Crippen LogP) is 4.61. The SMILES string of the molecule is CC[C@@H](c1ccc(F)cc1)[C@H](NC(=O)c1ccnn1CC)c1cn2nc(CC3C[C@@H](C(F)(F)F)CNC3=O)ccc2n1. The summed E-state index contributed by atoms with van der Waals surface area (Å²) in [6.45, 7) is 3.91. The second-order valence-corrected chi connectivity index (χ2v) is 10.5. The summed E-state index contributed by atoms with van der Waals surface area (Å²) < 4.78 is 56.7. The summed E-state index contributed by atoms with van der Waals surface area (Å²) in [5.74, 6) is -3.90. The van der Waals surface area contributed by atoms with E-state index in [0.29, 0.717) is 35.7 Å². The average molecular weight is 586 g/mol. The Kier molecular flexibility index (Phi) is 8.28. The summed E-state index contributed by atoms with van der Waals surface area (Å²) >= 11 is 0. The Morgan fingerprint density at radius 2 is 1.90 bits per heavy atom. The maximum atomic E-state index is 13.7. The highest BCUT2D eigenvalue weighted by atomic mass is 19.4. The molecule has 4 heterocycles. The lowest BCUT2D eigenvalue weighted by molar-refractivity contribution is -0.183. The highest BCUT2D eigenvalue weighted by molar-refractivity contribution is 5.92. The van der Waals surface area contributed by atoms with E-state index >= 15 is 0 Å². The standard InChI is InChI=1S/C29H31F4N7O2/c1-3-22(17-5-7-20(30)8-6-17)26(37-28(42)24-11-12-35-39(24)4-2)23-16-40-25(36-23)10-9-21(38-40)14-18-13-19(29(31,32)33)15-34-27(18)41/h5-12,16,18-19,22,26H,3-4,13-15H2,1-2H3,(H,34,41)(H,37,42)/t18?,19-,22+,26+/m1/s1. The minimum absolute atomic E-state index is 0.0379. The zero-order chi connectivity index (χ0) is 30.0. The third kappa shape index (κ3) is 6.14. The van der Waals surface area contributed by atoms with E-state index in [-0.39, 0.29) is 30.5 Å². The minimum Gasteiger partial charge on any atom is -0.355 e. The van der Waals surface area contributed by atoms with Crippen LogP contribution in [0.3, 0.4) is 0 Å². The van der Waals surface area contributed by atoms with Crippen molar-refractivity contribution in [1.29, 1.82) is 0 Å². The van der Waals surface area contributed by atoms with Crippen molar-refractivity contribution in [2.75, 3.05) is 6.54 Å². The number of carbonyl (C=O) groups excluding carboxylic acids is 2. The molecule has 2 amide bonds. The van der Waals surface area contributed by atoms with Gasteiger partial charge in [0.1, 0.15) is 11.5 Å². The molecule has 1 aliphatic heterocycles. The van der Waals surface area contributed by atoms with Gasteiger partial charge >= 0.3 is 6.18 Å². The number of rotatable bonds is 9. The number of nitrogens with one attached hydrogen (secondary N) is 2. The smallest absolute Gasteiger partial charge is 0.355 e. The molecule has 1 fully saturated rings. The van der Waals surface area contributed by atoms with E-state index in [4.69, 9.17) is 4.98 Å². The van der Waals surface area contributed by atoms with Crippen LogP contribution < -0.4 is 10.6 Å². The molecule has 0 saturated carbocycles. The van der Waals surface area contributed by atoms with Gasteiger partial charge < -0.3 is 10.6 Å². The van der Waals surface area contributed by atoms with Crippen molar-refractivity contribution in [2.24, 2.45) is 11.8 Å². The van der Waals surface area contributed by atoms with Crippen LogP contribution in [0.1, 0.15) is 66.1 Å². The summed E-state index contributed by atoms with van der Waals surface area (Å²) in [6.07, 6.45) is -0.861. The average Bonchev–Trinajstić information content (AvgIpc) is 3.61. The predicted molar refractivity (Wildman–Crippen MR) is 145 cm³/mol. The Balaban J connectivity index is 1.46. The third-order valence-electron chi connectivity index (χ3n) is 7.77. The van der Waals surface area contributed by atoms with Gasteiger partial charge in [-0.15, -0.1) is 0 Å². The van der Waals surface area contributed by atoms with Crippen molar-refractivity contribution < 1.29 is 27.2 Å². The Labute approximate surface area is 239 Å². The van der Waals surface area contributed by atoms with Crippen molar-refractivity contribution in [3.05, 3.63) is 83.3 Å². The Morgan fingerprint density at radius 3 is 2.60 bits per heavy atom. The van der Waals surface area contributed by atoms with Crippen LogP contribution in [-0.4, -0.2) is 48.9 Å². The van der Waals surface area contributed by atoms with Crippen molar-refractivity contribution in [3.63, 3.8) is 0 Å². The maximum absolute atomic E-state index is 13.7. The van der Waals surface area contributed by atoms with Crippen LogP contribution in [0.15, 0.2) is 54.9 Å². The molecule has 5 rings (SSSR count). The molecule has 4 aromatic rings. The first-order valence-electron chi connectivity index (χ1n) is 13.8. The van der Waals surface area contributed by atoms with Crippen LogP contribution in [0.25, 0.3) is 5.65 Å². The molecule has 0 aliphatic carbocycles. The molecule has 0 radical (unpaired) electrons. The van der Waals surface area contributed by atoms with E-state index in [0.717, 1.165) is 5.56 Å². The number of aryl methyl sites for hydroxylation is 1. The molecule has 222 valence electrons. The number of halogens is 4. The van der Waals surface area contributed by atoms with E-state index in [9.17, 15) is 27.2 Å². The zero-order valence-electron chi connectivity index (χ0n) is 23.1. The number of fused-ring (bicyclic) bond motifs is 1. The van der Waals surface area contributed by atoms with Gasteiger partial charge in [0.15, 0.2) is 5.65 Å². The molecule has 9 nitrogen and oxygen atoms in total. The molecule has 0 spiro atoms. The van der Waals surface area contributed by atoms with Crippen molar-refractivity contribution in [3.8, 4) is 0 Å². The number of hydrogen-bond acceptors (Lipinski definition) is 5. The van der Waals surface area contributed by atoms with E-state index < -0.39 is 36.5 Å². The summed E-state index contributed by atoms with van der Waals surface area (Å²) in [5, 5.41) is 14.2. The normalized spacial score (nSPS) is 19.0. The second-order valence-electron chi connectivity index (χ2n) is 10.5. The van der Waals surface area contributed by atoms with Gasteiger partial charge in [-0.3, -0.25) is 14.3 Å². The molecule has 2 N–H and O–H groups in total. The van der Waals surface area contributed by atoms with Crippen LogP contribution in [0, 0.1) is 17.7 Å². The van der Waals surface area contributed by atoms with E-state index in [2.05, 4.69) is 20.8 Å². The number of aromatic nitrogens is 5. The van der Waals surface area contributed by atoms with Crippen molar-refractivity contribution in [1.82, 2.24) is 35.0 Å². The highest BCUT2D eigenvalue weighted by Gasteiger charge is 2.44. The van der Waals surface area contributed by atoms with Crippen LogP contribution >= 0.6 is 0 Å². The van der Waals surface area contributed by atoms with E-state index in [1.807, 2.05) is 13.8 Å². The first kappa shape index (κ1) is 29.2. The maximum Gasteiger partial charge on any atom is 0.393 e.